The molecule has 1 unspecified atom stereocenters. The van der Waals surface area contributed by atoms with Gasteiger partial charge in [-0.15, -0.1) is 0 Å². The van der Waals surface area contributed by atoms with Crippen molar-refractivity contribution in [2.45, 2.75) is 19.9 Å². The molecular weight excluding hydrogens is 211 g/mol. The second-order valence-electron chi connectivity index (χ2n) is 2.99. The molecule has 1 aliphatic rings. The van der Waals surface area contributed by atoms with Crippen molar-refractivity contribution in [1.29, 1.82) is 0 Å². The molecule has 0 aromatic heterocycles. The molecule has 1 rings (SSSR count). The molecule has 0 spiro atoms. The second-order valence-corrected chi connectivity index (χ2v) is 10.1. The quantitative estimate of drug-likeness (QED) is 0.719. The summed E-state index contributed by atoms with van der Waals surface area (Å²) >= 11 is 6.99. The Bertz CT molecular complexity index is 244. The van der Waals surface area contributed by atoms with Crippen molar-refractivity contribution in [2.24, 2.45) is 0 Å². The third-order valence-corrected chi connectivity index (χ3v) is 8.61. The van der Waals surface area contributed by atoms with Crippen molar-refractivity contribution in [3.05, 3.63) is 0 Å². The van der Waals surface area contributed by atoms with Crippen LogP contribution in [0.25, 0.3) is 0 Å². The van der Waals surface area contributed by atoms with E-state index in [1.165, 1.54) is 0 Å². The maximum atomic E-state index is 11.2. The highest BCUT2D eigenvalue weighted by Gasteiger charge is 2.35. The molecule has 12 heavy (non-hydrogen) atoms. The zero-order valence-corrected chi connectivity index (χ0v) is 9.93. The van der Waals surface area contributed by atoms with Crippen LogP contribution in [0.1, 0.15) is 13.8 Å². The Morgan fingerprint density at radius 3 is 2.67 bits per heavy atom. The molecule has 1 fully saturated rings. The number of nitrogens with one attached hydrogen (secondary N) is 1. The van der Waals surface area contributed by atoms with E-state index < -0.39 is 5.54 Å². The molecule has 6 heteroatoms. The molecule has 0 radical (unpaired) electrons. The molecule has 1 atom stereocenters. The van der Waals surface area contributed by atoms with Crippen molar-refractivity contribution in [3.8, 4) is 0 Å². The Labute approximate surface area is 82.1 Å². The number of amides is 1. The van der Waals surface area contributed by atoms with Gasteiger partial charge in [-0.3, -0.25) is 14.6 Å². The van der Waals surface area contributed by atoms with Crippen LogP contribution in [-0.4, -0.2) is 29.4 Å². The minimum Gasteiger partial charge on any atom is -0.297 e. The summed E-state index contributed by atoms with van der Waals surface area (Å²) in [6.45, 7) is 4.09. The van der Waals surface area contributed by atoms with Gasteiger partial charge in [0, 0.05) is 13.1 Å². The van der Waals surface area contributed by atoms with Gasteiger partial charge in [0.1, 0.15) is 0 Å². The number of hydrogen-bond donors (Lipinski definition) is 1. The lowest BCUT2D eigenvalue weighted by atomic mass is 10.4. The fourth-order valence-corrected chi connectivity index (χ4v) is 6.82. The Morgan fingerprint density at radius 1 is 1.75 bits per heavy atom. The molecule has 0 aromatic rings. The molecule has 0 aromatic carbocycles. The minimum absolute atomic E-state index is 0.150. The van der Waals surface area contributed by atoms with E-state index in [-0.39, 0.29) is 5.91 Å². The van der Waals surface area contributed by atoms with Crippen LogP contribution in [0.2, 0.25) is 0 Å². The number of hydrogen-bond acceptors (Lipinski definition) is 3. The largest absolute Gasteiger partial charge is 0.297 e. The van der Waals surface area contributed by atoms with Crippen LogP contribution >= 0.6 is 16.9 Å². The highest BCUT2D eigenvalue weighted by atomic mass is 32.9. The Kier molecular flexibility index (Phi) is 3.21. The Hall–Kier alpha value is 0.430. The van der Waals surface area contributed by atoms with Crippen molar-refractivity contribution in [3.63, 3.8) is 0 Å². The van der Waals surface area contributed by atoms with Crippen LogP contribution in [0.15, 0.2) is 0 Å². The first kappa shape index (κ1) is 10.5. The zero-order valence-electron chi connectivity index (χ0n) is 7.40. The summed E-state index contributed by atoms with van der Waals surface area (Å²) in [6.07, 6.45) is 0. The zero-order chi connectivity index (χ0) is 9.35. The van der Waals surface area contributed by atoms with Crippen molar-refractivity contribution in [1.82, 2.24) is 9.76 Å². The van der Waals surface area contributed by atoms with E-state index in [1.54, 1.807) is 23.1 Å². The molecule has 1 heterocycles. The highest BCUT2D eigenvalue weighted by molar-refractivity contribution is 8.70. The van der Waals surface area contributed by atoms with E-state index >= 15 is 0 Å². The lowest BCUT2D eigenvalue weighted by Crippen LogP contribution is -2.27. The summed E-state index contributed by atoms with van der Waals surface area (Å²) in [5, 5.41) is 3.29. The summed E-state index contributed by atoms with van der Waals surface area (Å²) in [7, 11) is 1.79. The summed E-state index contributed by atoms with van der Waals surface area (Å²) in [5.41, 5.74) is -1.79. The molecule has 1 amide bonds. The maximum Gasteiger partial charge on any atom is 0.238 e. The normalized spacial score (nSPS) is 30.3. The molecule has 1 N–H and O–H groups in total. The molecule has 70 valence electrons. The van der Waals surface area contributed by atoms with Gasteiger partial charge in [-0.05, 0) is 25.7 Å². The van der Waals surface area contributed by atoms with Crippen molar-refractivity contribution in [2.75, 3.05) is 12.8 Å². The highest BCUT2D eigenvalue weighted by Crippen LogP contribution is 2.62. The topological polar surface area (TPSA) is 32.3 Å². The molecule has 1 aliphatic heterocycles. The van der Waals surface area contributed by atoms with Gasteiger partial charge in [-0.2, -0.15) is 0 Å². The number of carbonyl (C=O) groups is 1. The van der Waals surface area contributed by atoms with E-state index in [0.717, 1.165) is 0 Å². The first-order valence-electron chi connectivity index (χ1n) is 3.75. The van der Waals surface area contributed by atoms with Gasteiger partial charge >= 0.3 is 0 Å². The van der Waals surface area contributed by atoms with Crippen LogP contribution in [0.3, 0.4) is 0 Å². The van der Waals surface area contributed by atoms with Crippen LogP contribution in [0.5, 0.6) is 0 Å². The monoisotopic (exact) mass is 224 g/mol. The van der Waals surface area contributed by atoms with Gasteiger partial charge in [0.05, 0.1) is 5.75 Å². The minimum atomic E-state index is -1.79. The summed E-state index contributed by atoms with van der Waals surface area (Å²) in [4.78, 5) is 11.2. The van der Waals surface area contributed by atoms with E-state index in [1.807, 2.05) is 13.8 Å². The van der Waals surface area contributed by atoms with Gasteiger partial charge in [-0.25, -0.2) is 0 Å². The third-order valence-electron chi connectivity index (χ3n) is 1.54. The van der Waals surface area contributed by atoms with Crippen molar-refractivity contribution < 1.29 is 4.79 Å². The van der Waals surface area contributed by atoms with Gasteiger partial charge in [0.2, 0.25) is 5.91 Å². The third kappa shape index (κ3) is 2.02. The van der Waals surface area contributed by atoms with Crippen LogP contribution in [0, 0.1) is 0 Å². The summed E-state index contributed by atoms with van der Waals surface area (Å²) in [5.74, 6) is 0.685. The number of carbonyl (C=O) groups excluding carboxylic acids is 1. The van der Waals surface area contributed by atoms with E-state index in [9.17, 15) is 4.79 Å². The van der Waals surface area contributed by atoms with Gasteiger partial charge < -0.3 is 0 Å². The second kappa shape index (κ2) is 3.66. The lowest BCUT2D eigenvalue weighted by molar-refractivity contribution is -0.122. The van der Waals surface area contributed by atoms with Gasteiger partial charge in [0.25, 0.3) is 0 Å². The number of rotatable bonds is 2. The maximum absolute atomic E-state index is 11.2. The summed E-state index contributed by atoms with van der Waals surface area (Å²) in [6, 6.07) is 0.344. The molecule has 0 aliphatic carbocycles. The molecule has 3 nitrogen and oxygen atoms in total. The van der Waals surface area contributed by atoms with Crippen LogP contribution in [-0.2, 0) is 16.6 Å². The average Bonchev–Trinajstić information content (AvgIpc) is 2.16. The van der Waals surface area contributed by atoms with E-state index in [2.05, 4.69) is 5.09 Å². The summed E-state index contributed by atoms with van der Waals surface area (Å²) < 4.78 is 1.70. The lowest BCUT2D eigenvalue weighted by Gasteiger charge is -2.26. The predicted molar refractivity (Wildman–Crippen MR) is 57.8 cm³/mol. The molecule has 0 saturated carbocycles. The first-order valence-corrected chi connectivity index (χ1v) is 8.10. The molecular formula is C6H13N2OPS2. The predicted octanol–water partition coefficient (Wildman–Crippen LogP) is 1.41. The van der Waals surface area contributed by atoms with Gasteiger partial charge in [-0.1, -0.05) is 11.4 Å². The average molecular weight is 224 g/mol. The smallest absolute Gasteiger partial charge is 0.238 e. The molecule has 1 saturated heterocycles. The van der Waals surface area contributed by atoms with E-state index in [0.29, 0.717) is 11.8 Å². The first-order chi connectivity index (χ1) is 5.46. The fraction of sp³-hybridized carbons (Fsp3) is 0.833. The Balaban J connectivity index is 2.73. The van der Waals surface area contributed by atoms with E-state index in [4.69, 9.17) is 11.8 Å². The molecule has 0 bridgehead atoms. The Morgan fingerprint density at radius 2 is 2.33 bits per heavy atom. The van der Waals surface area contributed by atoms with Crippen LogP contribution in [0.4, 0.5) is 0 Å². The van der Waals surface area contributed by atoms with Crippen molar-refractivity contribution >= 4 is 34.6 Å². The number of nitrogens with zero attached hydrogens (tertiary/aromatic N) is 1. The standard InChI is InChI=1S/C6H13N2OPS2/c1-5(2)7-10(11)8(3)6(9)4-12-10/h5H,4H2,1-3H3,(H,7,11). The fourth-order valence-electron chi connectivity index (χ4n) is 0.920. The van der Waals surface area contributed by atoms with Crippen LogP contribution < -0.4 is 5.09 Å². The SMILES string of the molecule is CC(C)NP1(=S)SCC(=O)N1C. The van der Waals surface area contributed by atoms with Gasteiger partial charge in [0.15, 0.2) is 5.54 Å².